The number of carbonyl (C=O) groups is 1. The first-order valence-corrected chi connectivity index (χ1v) is 7.24. The third kappa shape index (κ3) is 3.63. The quantitative estimate of drug-likeness (QED) is 0.860. The summed E-state index contributed by atoms with van der Waals surface area (Å²) in [6.07, 6.45) is 0.693. The molecule has 1 aromatic heterocycles. The highest BCUT2D eigenvalue weighted by Crippen LogP contribution is 2.29. The van der Waals surface area contributed by atoms with E-state index in [4.69, 9.17) is 5.11 Å². The third-order valence-corrected chi connectivity index (χ3v) is 3.85. The minimum atomic E-state index is -0.872. The Labute approximate surface area is 129 Å². The molecule has 1 N–H and O–H groups in total. The van der Waals surface area contributed by atoms with Crippen LogP contribution in [0.25, 0.3) is 11.4 Å². The molecule has 0 fully saturated rings. The third-order valence-electron chi connectivity index (χ3n) is 3.19. The summed E-state index contributed by atoms with van der Waals surface area (Å²) in [5, 5.41) is 20.2. The van der Waals surface area contributed by atoms with E-state index in [9.17, 15) is 9.18 Å². The van der Waals surface area contributed by atoms with Crippen LogP contribution in [-0.2, 0) is 11.3 Å². The zero-order valence-electron chi connectivity index (χ0n) is 11.3. The van der Waals surface area contributed by atoms with Crippen molar-refractivity contribution in [3.63, 3.8) is 0 Å². The van der Waals surface area contributed by atoms with Crippen molar-refractivity contribution in [1.29, 1.82) is 0 Å². The van der Waals surface area contributed by atoms with Gasteiger partial charge in [0.25, 0.3) is 0 Å². The van der Waals surface area contributed by atoms with Gasteiger partial charge in [-0.15, -0.1) is 5.10 Å². The van der Waals surface area contributed by atoms with Crippen molar-refractivity contribution in [2.75, 3.05) is 0 Å². The van der Waals surface area contributed by atoms with E-state index >= 15 is 0 Å². The molecule has 1 aromatic carbocycles. The highest BCUT2D eigenvalue weighted by atomic mass is 79.9. The van der Waals surface area contributed by atoms with Crippen molar-refractivity contribution in [2.45, 2.75) is 26.3 Å². The minimum Gasteiger partial charge on any atom is -0.481 e. The number of hydrogen-bond donors (Lipinski definition) is 1. The van der Waals surface area contributed by atoms with E-state index < -0.39 is 11.8 Å². The number of rotatable bonds is 6. The lowest BCUT2D eigenvalue weighted by atomic mass is 10.0. The Morgan fingerprint density at radius 2 is 2.29 bits per heavy atom. The van der Waals surface area contributed by atoms with E-state index in [2.05, 4.69) is 31.5 Å². The summed E-state index contributed by atoms with van der Waals surface area (Å²) >= 11 is 3.28. The van der Waals surface area contributed by atoms with Gasteiger partial charge in [-0.3, -0.25) is 4.79 Å². The summed E-state index contributed by atoms with van der Waals surface area (Å²) < 4.78 is 16.0. The van der Waals surface area contributed by atoms with Gasteiger partial charge >= 0.3 is 5.97 Å². The zero-order valence-corrected chi connectivity index (χ0v) is 12.9. The first kappa shape index (κ1) is 15.6. The molecule has 0 aliphatic carbocycles. The molecule has 0 spiro atoms. The molecule has 0 radical (unpaired) electrons. The van der Waals surface area contributed by atoms with Crippen molar-refractivity contribution >= 4 is 21.9 Å². The van der Waals surface area contributed by atoms with E-state index in [1.165, 1.54) is 10.7 Å². The second kappa shape index (κ2) is 6.75. The van der Waals surface area contributed by atoms with Gasteiger partial charge < -0.3 is 5.11 Å². The maximum Gasteiger partial charge on any atom is 0.303 e. The van der Waals surface area contributed by atoms with Crippen molar-refractivity contribution in [3.8, 4) is 11.4 Å². The average molecular weight is 357 g/mol. The summed E-state index contributed by atoms with van der Waals surface area (Å²) in [5.41, 5.74) is 0.271. The molecule has 0 bridgehead atoms. The van der Waals surface area contributed by atoms with Crippen LogP contribution in [0.3, 0.4) is 0 Å². The standard InChI is InChI=1S/C13H14BrFN4O2/c1-2-8(6-11(20)21)7-19-13(16-17-18-19)12-9(14)4-3-5-10(12)15/h3-5,8H,2,6-7H2,1H3,(H,20,21). The van der Waals surface area contributed by atoms with Gasteiger partial charge in [0, 0.05) is 17.4 Å². The van der Waals surface area contributed by atoms with Gasteiger partial charge in [0.15, 0.2) is 5.82 Å². The molecule has 0 aliphatic rings. The topological polar surface area (TPSA) is 80.9 Å². The molecule has 0 saturated carbocycles. The number of tetrazole rings is 1. The average Bonchev–Trinajstić information content (AvgIpc) is 2.85. The molecule has 0 aliphatic heterocycles. The largest absolute Gasteiger partial charge is 0.481 e. The predicted molar refractivity (Wildman–Crippen MR) is 76.9 cm³/mol. The van der Waals surface area contributed by atoms with Gasteiger partial charge in [-0.25, -0.2) is 9.07 Å². The Morgan fingerprint density at radius 1 is 1.52 bits per heavy atom. The molecule has 0 saturated heterocycles. The SMILES string of the molecule is CCC(CC(=O)O)Cn1nnnc1-c1c(F)cccc1Br. The Morgan fingerprint density at radius 3 is 2.90 bits per heavy atom. The first-order valence-electron chi connectivity index (χ1n) is 6.45. The number of carboxylic acid groups (broad SMARTS) is 1. The normalized spacial score (nSPS) is 12.3. The summed E-state index contributed by atoms with van der Waals surface area (Å²) in [5.74, 6) is -1.14. The molecule has 112 valence electrons. The van der Waals surface area contributed by atoms with E-state index in [0.717, 1.165) is 0 Å². The Kier molecular flexibility index (Phi) is 5.00. The predicted octanol–water partition coefficient (Wildman–Crippen LogP) is 2.74. The van der Waals surface area contributed by atoms with Crippen LogP contribution in [0.4, 0.5) is 4.39 Å². The van der Waals surface area contributed by atoms with Gasteiger partial charge in [-0.05, 0) is 44.4 Å². The molecule has 21 heavy (non-hydrogen) atoms. The van der Waals surface area contributed by atoms with Gasteiger partial charge in [0.1, 0.15) is 5.82 Å². The smallest absolute Gasteiger partial charge is 0.303 e. The number of hydrogen-bond acceptors (Lipinski definition) is 4. The van der Waals surface area contributed by atoms with Crippen molar-refractivity contribution in [2.24, 2.45) is 5.92 Å². The first-order chi connectivity index (χ1) is 10.0. The van der Waals surface area contributed by atoms with Crippen molar-refractivity contribution in [1.82, 2.24) is 20.2 Å². The lowest BCUT2D eigenvalue weighted by molar-refractivity contribution is -0.138. The summed E-state index contributed by atoms with van der Waals surface area (Å²) in [7, 11) is 0. The van der Waals surface area contributed by atoms with Crippen molar-refractivity contribution in [3.05, 3.63) is 28.5 Å². The highest BCUT2D eigenvalue weighted by Gasteiger charge is 2.20. The van der Waals surface area contributed by atoms with Crippen LogP contribution in [0.5, 0.6) is 0 Å². The number of halogens is 2. The van der Waals surface area contributed by atoms with E-state index in [0.29, 0.717) is 17.4 Å². The van der Waals surface area contributed by atoms with Crippen LogP contribution in [-0.4, -0.2) is 31.3 Å². The van der Waals surface area contributed by atoms with Crippen LogP contribution in [0.1, 0.15) is 19.8 Å². The van der Waals surface area contributed by atoms with Gasteiger partial charge in [-0.2, -0.15) is 0 Å². The maximum absolute atomic E-state index is 14.0. The number of aliphatic carboxylic acids is 1. The van der Waals surface area contributed by atoms with E-state index in [1.54, 1.807) is 12.1 Å². The fraction of sp³-hybridized carbons (Fsp3) is 0.385. The van der Waals surface area contributed by atoms with Gasteiger partial charge in [0.2, 0.25) is 0 Å². The van der Waals surface area contributed by atoms with Crippen LogP contribution in [0, 0.1) is 11.7 Å². The van der Waals surface area contributed by atoms with Crippen LogP contribution < -0.4 is 0 Å². The maximum atomic E-state index is 14.0. The molecule has 1 unspecified atom stereocenters. The number of benzene rings is 1. The second-order valence-corrected chi connectivity index (χ2v) is 5.51. The summed E-state index contributed by atoms with van der Waals surface area (Å²) in [4.78, 5) is 10.8. The lowest BCUT2D eigenvalue weighted by Crippen LogP contribution is -2.16. The summed E-state index contributed by atoms with van der Waals surface area (Å²) in [6, 6.07) is 4.61. The highest BCUT2D eigenvalue weighted by molar-refractivity contribution is 9.10. The van der Waals surface area contributed by atoms with Crippen LogP contribution in [0.2, 0.25) is 0 Å². The Bertz CT molecular complexity index is 627. The Hall–Kier alpha value is -1.83. The molecule has 2 rings (SSSR count). The fourth-order valence-electron chi connectivity index (χ4n) is 2.05. The lowest BCUT2D eigenvalue weighted by Gasteiger charge is -2.13. The number of aromatic nitrogens is 4. The monoisotopic (exact) mass is 356 g/mol. The second-order valence-electron chi connectivity index (χ2n) is 4.65. The fourth-order valence-corrected chi connectivity index (χ4v) is 2.57. The molecule has 1 heterocycles. The summed E-state index contributed by atoms with van der Waals surface area (Å²) in [6.45, 7) is 2.22. The molecular weight excluding hydrogens is 343 g/mol. The zero-order chi connectivity index (χ0) is 15.4. The van der Waals surface area contributed by atoms with Crippen LogP contribution >= 0.6 is 15.9 Å². The molecule has 0 amide bonds. The molecule has 2 aromatic rings. The molecule has 1 atom stereocenters. The van der Waals surface area contributed by atoms with Crippen molar-refractivity contribution < 1.29 is 14.3 Å². The number of nitrogens with zero attached hydrogens (tertiary/aromatic N) is 4. The molecular formula is C13H14BrFN4O2. The van der Waals surface area contributed by atoms with Crippen LogP contribution in [0.15, 0.2) is 22.7 Å². The van der Waals surface area contributed by atoms with E-state index in [-0.39, 0.29) is 23.7 Å². The molecule has 6 nitrogen and oxygen atoms in total. The van der Waals surface area contributed by atoms with Gasteiger partial charge in [-0.1, -0.05) is 19.4 Å². The Balaban J connectivity index is 2.32. The molecule has 8 heteroatoms. The minimum absolute atomic E-state index is 0.0221. The van der Waals surface area contributed by atoms with E-state index in [1.807, 2.05) is 6.92 Å². The number of carboxylic acids is 1. The van der Waals surface area contributed by atoms with Gasteiger partial charge in [0.05, 0.1) is 5.56 Å².